The molecule has 0 aliphatic heterocycles. The van der Waals surface area contributed by atoms with E-state index in [0.717, 1.165) is 0 Å². The fourth-order valence-corrected chi connectivity index (χ4v) is 4.15. The summed E-state index contributed by atoms with van der Waals surface area (Å²) in [5.74, 6) is 0.425. The van der Waals surface area contributed by atoms with Gasteiger partial charge in [0.2, 0.25) is 5.88 Å². The normalized spacial score (nSPS) is 11.2. The quantitative estimate of drug-likeness (QED) is 0.623. The minimum Gasteiger partial charge on any atom is -0.477 e. The van der Waals surface area contributed by atoms with Crippen molar-refractivity contribution in [1.29, 1.82) is 0 Å². The third-order valence-corrected chi connectivity index (χ3v) is 5.90. The molecule has 1 N–H and O–H groups in total. The predicted octanol–water partition coefficient (Wildman–Crippen LogP) is 4.65. The highest BCUT2D eigenvalue weighted by Crippen LogP contribution is 2.30. The Hall–Kier alpha value is -2.35. The van der Waals surface area contributed by atoms with Crippen molar-refractivity contribution in [2.45, 2.75) is 11.8 Å². The molecule has 0 radical (unpaired) electrons. The molecule has 3 rings (SSSR count). The van der Waals surface area contributed by atoms with Gasteiger partial charge in [-0.2, -0.15) is 0 Å². The first-order chi connectivity index (χ1) is 12.9. The molecule has 3 aromatic rings. The van der Waals surface area contributed by atoms with Gasteiger partial charge in [0.25, 0.3) is 10.0 Å². The smallest absolute Gasteiger partial charge is 0.263 e. The Bertz CT molecular complexity index is 1060. The van der Waals surface area contributed by atoms with Gasteiger partial charge in [-0.1, -0.05) is 41.4 Å². The fourth-order valence-electron chi connectivity index (χ4n) is 2.34. The second-order valence-electron chi connectivity index (χ2n) is 5.43. The molecular weight excluding hydrogens is 409 g/mol. The maximum atomic E-state index is 12.6. The number of nitrogens with one attached hydrogen (secondary N) is 1. The lowest BCUT2D eigenvalue weighted by atomic mass is 10.1. The molecular formula is C18H15Cl2N3O3S. The Morgan fingerprint density at radius 3 is 2.52 bits per heavy atom. The van der Waals surface area contributed by atoms with E-state index in [1.54, 1.807) is 36.4 Å². The molecule has 6 nitrogen and oxygen atoms in total. The molecule has 1 aromatic heterocycles. The molecule has 1 heterocycles. The van der Waals surface area contributed by atoms with Gasteiger partial charge < -0.3 is 4.74 Å². The van der Waals surface area contributed by atoms with E-state index in [1.165, 1.54) is 18.2 Å². The van der Waals surface area contributed by atoms with E-state index < -0.39 is 10.0 Å². The van der Waals surface area contributed by atoms with Crippen molar-refractivity contribution in [3.63, 3.8) is 0 Å². The lowest BCUT2D eigenvalue weighted by Gasteiger charge is -2.11. The average Bonchev–Trinajstić information content (AvgIpc) is 2.64. The molecule has 0 aliphatic carbocycles. The van der Waals surface area contributed by atoms with Crippen molar-refractivity contribution in [3.05, 3.63) is 64.6 Å². The van der Waals surface area contributed by atoms with E-state index in [9.17, 15) is 8.42 Å². The van der Waals surface area contributed by atoms with Gasteiger partial charge in [-0.3, -0.25) is 4.72 Å². The number of sulfonamides is 1. The highest BCUT2D eigenvalue weighted by atomic mass is 35.5. The molecule has 0 unspecified atom stereocenters. The molecule has 0 spiro atoms. The van der Waals surface area contributed by atoms with Crippen LogP contribution in [0.2, 0.25) is 10.0 Å². The Morgan fingerprint density at radius 2 is 1.81 bits per heavy atom. The highest BCUT2D eigenvalue weighted by Gasteiger charge is 2.19. The minimum absolute atomic E-state index is 0.0276. The van der Waals surface area contributed by atoms with Gasteiger partial charge in [0.05, 0.1) is 22.3 Å². The maximum absolute atomic E-state index is 12.6. The number of rotatable bonds is 6. The molecule has 2 aromatic carbocycles. The van der Waals surface area contributed by atoms with Crippen molar-refractivity contribution in [3.8, 4) is 17.1 Å². The van der Waals surface area contributed by atoms with Gasteiger partial charge in [0.15, 0.2) is 0 Å². The number of ether oxygens (including phenoxy) is 1. The van der Waals surface area contributed by atoms with Crippen molar-refractivity contribution < 1.29 is 13.2 Å². The summed E-state index contributed by atoms with van der Waals surface area (Å²) < 4.78 is 33.0. The third-order valence-electron chi connectivity index (χ3n) is 3.55. The summed E-state index contributed by atoms with van der Waals surface area (Å²) in [5, 5.41) is 8.21. The topological polar surface area (TPSA) is 81.2 Å². The van der Waals surface area contributed by atoms with Crippen LogP contribution >= 0.6 is 23.2 Å². The number of hydrogen-bond acceptors (Lipinski definition) is 5. The van der Waals surface area contributed by atoms with Crippen molar-refractivity contribution in [2.75, 3.05) is 11.3 Å². The maximum Gasteiger partial charge on any atom is 0.263 e. The van der Waals surface area contributed by atoms with Crippen molar-refractivity contribution in [2.24, 2.45) is 0 Å². The largest absolute Gasteiger partial charge is 0.477 e. The van der Waals surface area contributed by atoms with Crippen LogP contribution in [0.5, 0.6) is 5.88 Å². The van der Waals surface area contributed by atoms with Crippen LogP contribution in [0.4, 0.5) is 5.69 Å². The van der Waals surface area contributed by atoms with Crippen LogP contribution in [-0.2, 0) is 10.0 Å². The molecule has 27 heavy (non-hydrogen) atoms. The van der Waals surface area contributed by atoms with Gasteiger partial charge >= 0.3 is 0 Å². The summed E-state index contributed by atoms with van der Waals surface area (Å²) >= 11 is 11.9. The molecule has 0 amide bonds. The minimum atomic E-state index is -3.90. The van der Waals surface area contributed by atoms with E-state index in [1.807, 2.05) is 6.92 Å². The van der Waals surface area contributed by atoms with Crippen LogP contribution < -0.4 is 9.46 Å². The van der Waals surface area contributed by atoms with Gasteiger partial charge in [0, 0.05) is 17.3 Å². The third kappa shape index (κ3) is 4.50. The first-order valence-electron chi connectivity index (χ1n) is 7.94. The van der Waals surface area contributed by atoms with E-state index in [2.05, 4.69) is 14.9 Å². The second-order valence-corrected chi connectivity index (χ2v) is 7.86. The van der Waals surface area contributed by atoms with Gasteiger partial charge in [-0.25, -0.2) is 8.42 Å². The van der Waals surface area contributed by atoms with Crippen LogP contribution in [-0.4, -0.2) is 25.2 Å². The molecule has 0 fully saturated rings. The van der Waals surface area contributed by atoms with Crippen molar-refractivity contribution in [1.82, 2.24) is 10.2 Å². The summed E-state index contributed by atoms with van der Waals surface area (Å²) in [6.07, 6.45) is 0. The molecule has 0 aliphatic rings. The Balaban J connectivity index is 1.88. The van der Waals surface area contributed by atoms with E-state index in [4.69, 9.17) is 27.9 Å². The zero-order valence-electron chi connectivity index (χ0n) is 14.2. The predicted molar refractivity (Wildman–Crippen MR) is 106 cm³/mol. The highest BCUT2D eigenvalue weighted by molar-refractivity contribution is 7.92. The van der Waals surface area contributed by atoms with Gasteiger partial charge in [0.1, 0.15) is 4.90 Å². The standard InChI is InChI=1S/C18H15Cl2N3O3S/c1-2-26-17-10-9-15(21-22-17)12-5-3-6-13(11-12)23-27(24,25)16-8-4-7-14(19)18(16)20/h3-11,23H,2H2,1H3. The zero-order valence-corrected chi connectivity index (χ0v) is 16.5. The van der Waals surface area contributed by atoms with Gasteiger partial charge in [-0.05, 0) is 37.3 Å². The molecule has 9 heteroatoms. The Kier molecular flexibility index (Phi) is 5.84. The number of aromatic nitrogens is 2. The number of benzene rings is 2. The summed E-state index contributed by atoms with van der Waals surface area (Å²) in [6, 6.07) is 14.7. The SMILES string of the molecule is CCOc1ccc(-c2cccc(NS(=O)(=O)c3cccc(Cl)c3Cl)c2)nn1. The summed E-state index contributed by atoms with van der Waals surface area (Å²) in [6.45, 7) is 2.36. The molecule has 0 saturated carbocycles. The number of halogens is 2. The lowest BCUT2D eigenvalue weighted by molar-refractivity contribution is 0.323. The van der Waals surface area contributed by atoms with E-state index in [-0.39, 0.29) is 14.9 Å². The molecule has 0 saturated heterocycles. The van der Waals surface area contributed by atoms with E-state index in [0.29, 0.717) is 29.4 Å². The molecule has 0 atom stereocenters. The second kappa shape index (κ2) is 8.12. The number of anilines is 1. The van der Waals surface area contributed by atoms with Crippen molar-refractivity contribution >= 4 is 38.9 Å². The Labute approximate surface area is 167 Å². The lowest BCUT2D eigenvalue weighted by Crippen LogP contribution is -2.13. The molecule has 140 valence electrons. The summed E-state index contributed by atoms with van der Waals surface area (Å²) in [7, 11) is -3.90. The fraction of sp³-hybridized carbons (Fsp3) is 0.111. The number of nitrogens with zero attached hydrogens (tertiary/aromatic N) is 2. The number of hydrogen-bond donors (Lipinski definition) is 1. The Morgan fingerprint density at radius 1 is 1.04 bits per heavy atom. The molecule has 0 bridgehead atoms. The summed E-state index contributed by atoms with van der Waals surface area (Å²) in [4.78, 5) is -0.0945. The van der Waals surface area contributed by atoms with E-state index >= 15 is 0 Å². The average molecular weight is 424 g/mol. The van der Waals surface area contributed by atoms with Crippen LogP contribution in [0.3, 0.4) is 0 Å². The van der Waals surface area contributed by atoms with Crippen LogP contribution in [0.1, 0.15) is 6.92 Å². The first kappa shape index (κ1) is 19.4. The first-order valence-corrected chi connectivity index (χ1v) is 10.2. The van der Waals surface area contributed by atoms with Crippen LogP contribution in [0.15, 0.2) is 59.5 Å². The van der Waals surface area contributed by atoms with Crippen LogP contribution in [0, 0.1) is 0 Å². The van der Waals surface area contributed by atoms with Crippen LogP contribution in [0.25, 0.3) is 11.3 Å². The zero-order chi connectivity index (χ0) is 19.4. The summed E-state index contributed by atoms with van der Waals surface area (Å²) in [5.41, 5.74) is 1.64. The van der Waals surface area contributed by atoms with Gasteiger partial charge in [-0.15, -0.1) is 10.2 Å². The monoisotopic (exact) mass is 423 g/mol.